The van der Waals surface area contributed by atoms with Crippen molar-refractivity contribution in [1.82, 2.24) is 14.5 Å². The molecule has 0 saturated carbocycles. The predicted octanol–water partition coefficient (Wildman–Crippen LogP) is 2.33. The average molecular weight is 327 g/mol. The molecule has 0 unspecified atom stereocenters. The van der Waals surface area contributed by atoms with Gasteiger partial charge < -0.3 is 4.42 Å². The predicted molar refractivity (Wildman–Crippen MR) is 80.6 cm³/mol. The van der Waals surface area contributed by atoms with Gasteiger partial charge in [0.25, 0.3) is 0 Å². The molecule has 0 spiro atoms. The Morgan fingerprint density at radius 2 is 2.14 bits per heavy atom. The molecule has 8 heteroatoms. The summed E-state index contributed by atoms with van der Waals surface area (Å²) >= 11 is 1.58. The summed E-state index contributed by atoms with van der Waals surface area (Å²) in [4.78, 5) is 0. The van der Waals surface area contributed by atoms with Crippen LogP contribution in [0.1, 0.15) is 31.6 Å². The SMILES string of the molecule is CCS(=O)(=O)N1CCC(c2nnc(-c3ccsc3)o2)CC1. The molecule has 1 saturated heterocycles. The van der Waals surface area contributed by atoms with Crippen molar-refractivity contribution in [2.75, 3.05) is 18.8 Å². The summed E-state index contributed by atoms with van der Waals surface area (Å²) < 4.78 is 31.0. The highest BCUT2D eigenvalue weighted by Gasteiger charge is 2.30. The summed E-state index contributed by atoms with van der Waals surface area (Å²) in [6.45, 7) is 2.72. The minimum atomic E-state index is -3.09. The third-order valence-electron chi connectivity index (χ3n) is 3.77. The van der Waals surface area contributed by atoms with Crippen LogP contribution in [0.5, 0.6) is 0 Å². The van der Waals surface area contributed by atoms with Gasteiger partial charge in [-0.25, -0.2) is 12.7 Å². The molecule has 0 aromatic carbocycles. The van der Waals surface area contributed by atoms with Gasteiger partial charge in [-0.2, -0.15) is 11.3 Å². The molecule has 2 aromatic rings. The van der Waals surface area contributed by atoms with Gasteiger partial charge in [0.2, 0.25) is 21.8 Å². The Balaban J connectivity index is 1.68. The second kappa shape index (κ2) is 5.86. The molecule has 2 aromatic heterocycles. The largest absolute Gasteiger partial charge is 0.420 e. The molecular weight excluding hydrogens is 310 g/mol. The van der Waals surface area contributed by atoms with Crippen molar-refractivity contribution in [3.63, 3.8) is 0 Å². The highest BCUT2D eigenvalue weighted by atomic mass is 32.2. The number of sulfonamides is 1. The minimum absolute atomic E-state index is 0.146. The van der Waals surface area contributed by atoms with Crippen LogP contribution >= 0.6 is 11.3 Å². The maximum absolute atomic E-state index is 11.8. The zero-order valence-corrected chi connectivity index (χ0v) is 13.4. The first-order valence-electron chi connectivity index (χ1n) is 6.94. The monoisotopic (exact) mass is 327 g/mol. The Labute approximate surface area is 127 Å². The average Bonchev–Trinajstić information content (AvgIpc) is 3.18. The van der Waals surface area contributed by atoms with E-state index in [1.54, 1.807) is 22.6 Å². The molecule has 0 N–H and O–H groups in total. The van der Waals surface area contributed by atoms with E-state index in [2.05, 4.69) is 10.2 Å². The smallest absolute Gasteiger partial charge is 0.248 e. The van der Waals surface area contributed by atoms with E-state index in [4.69, 9.17) is 4.42 Å². The summed E-state index contributed by atoms with van der Waals surface area (Å²) in [7, 11) is -3.09. The van der Waals surface area contributed by atoms with Crippen LogP contribution in [0.3, 0.4) is 0 Å². The normalized spacial score (nSPS) is 18.1. The molecule has 1 aliphatic heterocycles. The van der Waals surface area contributed by atoms with E-state index in [0.29, 0.717) is 24.9 Å². The van der Waals surface area contributed by atoms with E-state index in [9.17, 15) is 8.42 Å². The molecule has 0 radical (unpaired) electrons. The van der Waals surface area contributed by atoms with E-state index >= 15 is 0 Å². The highest BCUT2D eigenvalue weighted by molar-refractivity contribution is 7.89. The number of hydrogen-bond acceptors (Lipinski definition) is 6. The number of hydrogen-bond donors (Lipinski definition) is 0. The van der Waals surface area contributed by atoms with Gasteiger partial charge in [-0.15, -0.1) is 10.2 Å². The molecule has 6 nitrogen and oxygen atoms in total. The Hall–Kier alpha value is -1.25. The lowest BCUT2D eigenvalue weighted by Crippen LogP contribution is -2.38. The molecule has 3 heterocycles. The van der Waals surface area contributed by atoms with Crippen molar-refractivity contribution < 1.29 is 12.8 Å². The van der Waals surface area contributed by atoms with Crippen molar-refractivity contribution in [3.05, 3.63) is 22.7 Å². The molecule has 0 amide bonds. The number of rotatable bonds is 4. The molecule has 114 valence electrons. The third kappa shape index (κ3) is 3.02. The Bertz CT molecular complexity index is 686. The third-order valence-corrected chi connectivity index (χ3v) is 6.33. The van der Waals surface area contributed by atoms with Crippen LogP contribution in [0.4, 0.5) is 0 Å². The van der Waals surface area contributed by atoms with Gasteiger partial charge in [0.15, 0.2) is 0 Å². The summed E-state index contributed by atoms with van der Waals surface area (Å²) in [5, 5.41) is 12.1. The molecule has 3 rings (SSSR count). The maximum atomic E-state index is 11.8. The Morgan fingerprint density at radius 3 is 2.76 bits per heavy atom. The van der Waals surface area contributed by atoms with Gasteiger partial charge in [0.05, 0.1) is 5.75 Å². The van der Waals surface area contributed by atoms with Crippen LogP contribution in [0.2, 0.25) is 0 Å². The van der Waals surface area contributed by atoms with Crippen LogP contribution in [0.15, 0.2) is 21.2 Å². The Morgan fingerprint density at radius 1 is 1.38 bits per heavy atom. The summed E-state index contributed by atoms with van der Waals surface area (Å²) in [5.74, 6) is 1.45. The first-order valence-corrected chi connectivity index (χ1v) is 9.49. The molecule has 1 aliphatic rings. The van der Waals surface area contributed by atoms with Crippen LogP contribution in [0.25, 0.3) is 11.5 Å². The fourth-order valence-corrected chi connectivity index (χ4v) is 4.23. The summed E-state index contributed by atoms with van der Waals surface area (Å²) in [5.41, 5.74) is 0.935. The molecular formula is C13H17N3O3S2. The fraction of sp³-hybridized carbons (Fsp3) is 0.538. The minimum Gasteiger partial charge on any atom is -0.420 e. The zero-order chi connectivity index (χ0) is 14.9. The van der Waals surface area contributed by atoms with Gasteiger partial charge in [-0.05, 0) is 31.2 Å². The second-order valence-corrected chi connectivity index (χ2v) is 8.07. The molecule has 0 atom stereocenters. The van der Waals surface area contributed by atoms with Crippen LogP contribution in [-0.4, -0.2) is 41.8 Å². The first kappa shape index (κ1) is 14.7. The van der Waals surface area contributed by atoms with Gasteiger partial charge in [0.1, 0.15) is 0 Å². The topological polar surface area (TPSA) is 76.3 Å². The van der Waals surface area contributed by atoms with Crippen LogP contribution in [0, 0.1) is 0 Å². The molecule has 21 heavy (non-hydrogen) atoms. The summed E-state index contributed by atoms with van der Waals surface area (Å²) in [6.07, 6.45) is 1.45. The lowest BCUT2D eigenvalue weighted by atomic mass is 9.98. The van der Waals surface area contributed by atoms with Crippen molar-refractivity contribution in [2.24, 2.45) is 0 Å². The fourth-order valence-electron chi connectivity index (χ4n) is 2.47. The second-order valence-electron chi connectivity index (χ2n) is 5.03. The van der Waals surface area contributed by atoms with Gasteiger partial charge >= 0.3 is 0 Å². The van der Waals surface area contributed by atoms with Crippen molar-refractivity contribution >= 4 is 21.4 Å². The maximum Gasteiger partial charge on any atom is 0.248 e. The van der Waals surface area contributed by atoms with Gasteiger partial charge in [-0.3, -0.25) is 0 Å². The van der Waals surface area contributed by atoms with Crippen LogP contribution < -0.4 is 0 Å². The Kier molecular flexibility index (Phi) is 4.10. The van der Waals surface area contributed by atoms with E-state index in [0.717, 1.165) is 18.4 Å². The number of nitrogens with zero attached hydrogens (tertiary/aromatic N) is 3. The number of thiophene rings is 1. The summed E-state index contributed by atoms with van der Waals surface area (Å²) in [6, 6.07) is 1.94. The zero-order valence-electron chi connectivity index (χ0n) is 11.7. The van der Waals surface area contributed by atoms with E-state index in [1.165, 1.54) is 0 Å². The lowest BCUT2D eigenvalue weighted by molar-refractivity contribution is 0.291. The van der Waals surface area contributed by atoms with Crippen molar-refractivity contribution in [3.8, 4) is 11.5 Å². The van der Waals surface area contributed by atoms with Crippen molar-refractivity contribution in [1.29, 1.82) is 0 Å². The van der Waals surface area contributed by atoms with Gasteiger partial charge in [-0.1, -0.05) is 0 Å². The lowest BCUT2D eigenvalue weighted by Gasteiger charge is -2.29. The van der Waals surface area contributed by atoms with E-state index in [-0.39, 0.29) is 11.7 Å². The van der Waals surface area contributed by atoms with Gasteiger partial charge in [0, 0.05) is 30.0 Å². The molecule has 0 aliphatic carbocycles. The van der Waals surface area contributed by atoms with E-state index < -0.39 is 10.0 Å². The van der Waals surface area contributed by atoms with E-state index in [1.807, 2.05) is 16.8 Å². The standard InChI is InChI=1S/C13H17N3O3S2/c1-2-21(17,18)16-6-3-10(4-7-16)12-14-15-13(19-12)11-5-8-20-9-11/h5,8-10H,2-4,6-7H2,1H3. The van der Waals surface area contributed by atoms with Crippen LogP contribution in [-0.2, 0) is 10.0 Å². The number of piperidine rings is 1. The quantitative estimate of drug-likeness (QED) is 0.861. The van der Waals surface area contributed by atoms with Crippen molar-refractivity contribution in [2.45, 2.75) is 25.7 Å². The molecule has 1 fully saturated rings. The first-order chi connectivity index (χ1) is 10.1. The number of aromatic nitrogens is 2. The molecule has 0 bridgehead atoms. The highest BCUT2D eigenvalue weighted by Crippen LogP contribution is 2.30.